The van der Waals surface area contributed by atoms with Crippen LogP contribution in [0.15, 0.2) is 34.9 Å². The van der Waals surface area contributed by atoms with Gasteiger partial charge in [0.05, 0.1) is 6.04 Å². The van der Waals surface area contributed by atoms with Crippen molar-refractivity contribution in [3.8, 4) is 0 Å². The first-order chi connectivity index (χ1) is 12.5. The number of nitrogens with zero attached hydrogens (tertiary/aromatic N) is 3. The molecule has 1 aliphatic rings. The van der Waals surface area contributed by atoms with Crippen molar-refractivity contribution in [2.45, 2.75) is 13.0 Å². The fourth-order valence-electron chi connectivity index (χ4n) is 3.07. The lowest BCUT2D eigenvalue weighted by atomic mass is 9.99. The minimum absolute atomic E-state index is 0.208. The zero-order chi connectivity index (χ0) is 18.7. The van der Waals surface area contributed by atoms with Crippen LogP contribution in [0.5, 0.6) is 0 Å². The van der Waals surface area contributed by atoms with Crippen LogP contribution in [0.25, 0.3) is 0 Å². The summed E-state index contributed by atoms with van der Waals surface area (Å²) in [4.78, 5) is 39.3. The maximum absolute atomic E-state index is 12.9. The number of benzene rings is 1. The van der Waals surface area contributed by atoms with E-state index in [1.54, 1.807) is 48.0 Å². The first-order valence-corrected chi connectivity index (χ1v) is 8.29. The molecule has 0 aliphatic carbocycles. The number of hydrogen-bond donors (Lipinski definition) is 1. The standard InChI is InChI=1S/C18H20N4O4/c1-12-8-15(20-26-12)18(25)22-7-6-21(11-23)10-16(22)13-4-3-5-14(9-13)17(24)19-2/h3-5,8-9,11,16H,6-7,10H2,1-2H3,(H,19,24)/t16-/m0/s1. The van der Waals surface area contributed by atoms with E-state index in [-0.39, 0.29) is 23.6 Å². The fraction of sp³-hybridized carbons (Fsp3) is 0.333. The van der Waals surface area contributed by atoms with E-state index >= 15 is 0 Å². The van der Waals surface area contributed by atoms with E-state index in [1.165, 1.54) is 0 Å². The molecule has 8 nitrogen and oxygen atoms in total. The highest BCUT2D eigenvalue weighted by Gasteiger charge is 2.33. The largest absolute Gasteiger partial charge is 0.361 e. The number of amides is 3. The summed E-state index contributed by atoms with van der Waals surface area (Å²) in [5, 5.41) is 6.39. The Morgan fingerprint density at radius 1 is 1.31 bits per heavy atom. The van der Waals surface area contributed by atoms with Crippen molar-refractivity contribution in [1.82, 2.24) is 20.3 Å². The Hall–Kier alpha value is -3.16. The Balaban J connectivity index is 1.94. The maximum Gasteiger partial charge on any atom is 0.276 e. The highest BCUT2D eigenvalue weighted by atomic mass is 16.5. The van der Waals surface area contributed by atoms with Gasteiger partial charge in [-0.3, -0.25) is 14.4 Å². The SMILES string of the molecule is CNC(=O)c1cccc([C@@H]2CN(C=O)CCN2C(=O)c2cc(C)on2)c1. The number of aryl methyl sites for hydroxylation is 1. The molecular weight excluding hydrogens is 336 g/mol. The highest BCUT2D eigenvalue weighted by molar-refractivity contribution is 5.94. The van der Waals surface area contributed by atoms with Gasteiger partial charge in [0.15, 0.2) is 5.69 Å². The Kier molecular flexibility index (Phi) is 5.01. The molecule has 2 heterocycles. The predicted molar refractivity (Wildman–Crippen MR) is 92.5 cm³/mol. The van der Waals surface area contributed by atoms with Crippen molar-refractivity contribution in [3.63, 3.8) is 0 Å². The van der Waals surface area contributed by atoms with Crippen LogP contribution >= 0.6 is 0 Å². The smallest absolute Gasteiger partial charge is 0.276 e. The third-order valence-corrected chi connectivity index (χ3v) is 4.43. The van der Waals surface area contributed by atoms with E-state index in [0.717, 1.165) is 12.0 Å². The minimum atomic E-state index is -0.372. The number of carbonyl (C=O) groups excluding carboxylic acids is 3. The number of hydrogen-bond acceptors (Lipinski definition) is 5. The van der Waals surface area contributed by atoms with Gasteiger partial charge in [-0.25, -0.2) is 0 Å². The van der Waals surface area contributed by atoms with E-state index in [4.69, 9.17) is 4.52 Å². The van der Waals surface area contributed by atoms with Gasteiger partial charge in [-0.2, -0.15) is 0 Å². The second-order valence-corrected chi connectivity index (χ2v) is 6.14. The minimum Gasteiger partial charge on any atom is -0.361 e. The predicted octanol–water partition coefficient (Wildman–Crippen LogP) is 0.998. The maximum atomic E-state index is 12.9. The molecule has 26 heavy (non-hydrogen) atoms. The van der Waals surface area contributed by atoms with Crippen LogP contribution in [0.2, 0.25) is 0 Å². The molecule has 3 amide bonds. The molecule has 0 saturated carbocycles. The summed E-state index contributed by atoms with van der Waals surface area (Å²) in [6.45, 7) is 2.89. The second-order valence-electron chi connectivity index (χ2n) is 6.14. The van der Waals surface area contributed by atoms with E-state index < -0.39 is 0 Å². The van der Waals surface area contributed by atoms with E-state index in [1.807, 2.05) is 6.07 Å². The molecule has 0 radical (unpaired) electrons. The summed E-state index contributed by atoms with van der Waals surface area (Å²) in [6.07, 6.45) is 0.775. The summed E-state index contributed by atoms with van der Waals surface area (Å²) in [6, 6.07) is 8.28. The molecule has 1 aromatic heterocycles. The molecule has 2 aromatic rings. The summed E-state index contributed by atoms with van der Waals surface area (Å²) < 4.78 is 5.01. The number of piperazine rings is 1. The van der Waals surface area contributed by atoms with Gasteiger partial charge in [0.2, 0.25) is 6.41 Å². The summed E-state index contributed by atoms with van der Waals surface area (Å²) in [7, 11) is 1.56. The van der Waals surface area contributed by atoms with Gasteiger partial charge in [-0.05, 0) is 24.6 Å². The average molecular weight is 356 g/mol. The molecule has 1 atom stereocenters. The molecular formula is C18H20N4O4. The molecule has 1 aromatic carbocycles. The Labute approximate surface area is 150 Å². The molecule has 0 bridgehead atoms. The third kappa shape index (κ3) is 3.44. The van der Waals surface area contributed by atoms with Gasteiger partial charge in [-0.15, -0.1) is 0 Å². The molecule has 3 rings (SSSR count). The number of rotatable bonds is 4. The molecule has 8 heteroatoms. The number of aromatic nitrogens is 1. The van der Waals surface area contributed by atoms with Crippen molar-refractivity contribution < 1.29 is 18.9 Å². The average Bonchev–Trinajstić information content (AvgIpc) is 3.12. The Morgan fingerprint density at radius 2 is 2.12 bits per heavy atom. The fourth-order valence-corrected chi connectivity index (χ4v) is 3.07. The lowest BCUT2D eigenvalue weighted by Gasteiger charge is -2.40. The highest BCUT2D eigenvalue weighted by Crippen LogP contribution is 2.27. The summed E-state index contributed by atoms with van der Waals surface area (Å²) in [5.41, 5.74) is 1.51. The van der Waals surface area contributed by atoms with Crippen LogP contribution in [-0.2, 0) is 4.79 Å². The molecule has 1 N–H and O–H groups in total. The van der Waals surface area contributed by atoms with Gasteiger partial charge in [0.1, 0.15) is 5.76 Å². The lowest BCUT2D eigenvalue weighted by Crippen LogP contribution is -2.50. The molecule has 1 fully saturated rings. The number of nitrogens with one attached hydrogen (secondary N) is 1. The zero-order valence-electron chi connectivity index (χ0n) is 14.6. The molecule has 136 valence electrons. The van der Waals surface area contributed by atoms with Crippen molar-refractivity contribution in [3.05, 3.63) is 52.9 Å². The van der Waals surface area contributed by atoms with Gasteiger partial charge in [-0.1, -0.05) is 17.3 Å². The summed E-state index contributed by atoms with van der Waals surface area (Å²) >= 11 is 0. The summed E-state index contributed by atoms with van der Waals surface area (Å²) in [5.74, 6) is 0.0840. The van der Waals surface area contributed by atoms with E-state index in [9.17, 15) is 14.4 Å². The number of carbonyl (C=O) groups is 3. The van der Waals surface area contributed by atoms with Gasteiger partial charge in [0, 0.05) is 38.3 Å². The van der Waals surface area contributed by atoms with Gasteiger partial charge >= 0.3 is 0 Å². The quantitative estimate of drug-likeness (QED) is 0.825. The lowest BCUT2D eigenvalue weighted by molar-refractivity contribution is -0.120. The van der Waals surface area contributed by atoms with Crippen molar-refractivity contribution >= 4 is 18.2 Å². The monoisotopic (exact) mass is 356 g/mol. The zero-order valence-corrected chi connectivity index (χ0v) is 14.6. The molecule has 0 unspecified atom stereocenters. The second kappa shape index (κ2) is 7.38. The Bertz CT molecular complexity index is 832. The van der Waals surface area contributed by atoms with Crippen LogP contribution < -0.4 is 5.32 Å². The van der Waals surface area contributed by atoms with Crippen LogP contribution in [0.4, 0.5) is 0 Å². The van der Waals surface area contributed by atoms with Crippen LogP contribution in [-0.4, -0.2) is 59.9 Å². The van der Waals surface area contributed by atoms with Crippen molar-refractivity contribution in [2.75, 3.05) is 26.7 Å². The van der Waals surface area contributed by atoms with Crippen LogP contribution in [0.3, 0.4) is 0 Å². The first-order valence-electron chi connectivity index (χ1n) is 8.29. The molecule has 0 spiro atoms. The van der Waals surface area contributed by atoms with Crippen molar-refractivity contribution in [2.24, 2.45) is 0 Å². The topological polar surface area (TPSA) is 95.8 Å². The van der Waals surface area contributed by atoms with Crippen LogP contribution in [0, 0.1) is 6.92 Å². The first kappa shape index (κ1) is 17.7. The van der Waals surface area contributed by atoms with Crippen LogP contribution in [0.1, 0.15) is 38.2 Å². The van der Waals surface area contributed by atoms with Gasteiger partial charge in [0.25, 0.3) is 11.8 Å². The normalized spacial score (nSPS) is 17.1. The molecule has 1 saturated heterocycles. The Morgan fingerprint density at radius 3 is 2.77 bits per heavy atom. The molecule has 1 aliphatic heterocycles. The van der Waals surface area contributed by atoms with E-state index in [2.05, 4.69) is 10.5 Å². The van der Waals surface area contributed by atoms with Gasteiger partial charge < -0.3 is 19.6 Å². The van der Waals surface area contributed by atoms with Crippen molar-refractivity contribution in [1.29, 1.82) is 0 Å². The van der Waals surface area contributed by atoms with E-state index in [0.29, 0.717) is 31.0 Å². The third-order valence-electron chi connectivity index (χ3n) is 4.43.